The number of likely N-dealkylation sites (N-methyl/N-ethyl adjacent to an activating group) is 2. The van der Waals surface area contributed by atoms with Crippen LogP contribution < -0.4 is 10.6 Å². The van der Waals surface area contributed by atoms with Crippen molar-refractivity contribution in [1.82, 2.24) is 10.2 Å². The maximum Gasteiger partial charge on any atom is 0.321 e. The molecule has 0 saturated heterocycles. The molecule has 0 radical (unpaired) electrons. The van der Waals surface area contributed by atoms with E-state index in [0.29, 0.717) is 18.8 Å². The number of hydrogen-bond donors (Lipinski definition) is 2. The molecule has 0 spiro atoms. The zero-order valence-corrected chi connectivity index (χ0v) is 10.3. The van der Waals surface area contributed by atoms with Crippen LogP contribution in [0.25, 0.3) is 0 Å². The van der Waals surface area contributed by atoms with E-state index in [1.807, 2.05) is 7.05 Å². The van der Waals surface area contributed by atoms with Crippen LogP contribution in [0.15, 0.2) is 24.3 Å². The van der Waals surface area contributed by atoms with Crippen LogP contribution >= 0.6 is 0 Å². The van der Waals surface area contributed by atoms with Crippen molar-refractivity contribution in [2.75, 3.05) is 32.5 Å². The summed E-state index contributed by atoms with van der Waals surface area (Å²) >= 11 is 0. The fourth-order valence-electron chi connectivity index (χ4n) is 1.27. The monoisotopic (exact) mass is 252 g/mol. The Kier molecular flexibility index (Phi) is 5.06. The molecule has 0 heterocycles. The van der Waals surface area contributed by atoms with Crippen molar-refractivity contribution in [3.05, 3.63) is 34.4 Å². The fraction of sp³-hybridized carbons (Fsp3) is 0.364. The van der Waals surface area contributed by atoms with Gasteiger partial charge in [0, 0.05) is 38.0 Å². The second-order valence-electron chi connectivity index (χ2n) is 3.76. The Balaban J connectivity index is 2.56. The van der Waals surface area contributed by atoms with Crippen molar-refractivity contribution in [2.45, 2.75) is 0 Å². The average Bonchev–Trinajstić information content (AvgIpc) is 2.36. The lowest BCUT2D eigenvalue weighted by Crippen LogP contribution is -2.35. The number of nitro benzene ring substituents is 1. The van der Waals surface area contributed by atoms with Gasteiger partial charge in [0.05, 0.1) is 4.92 Å². The highest BCUT2D eigenvalue weighted by atomic mass is 16.6. The number of anilines is 1. The first kappa shape index (κ1) is 13.9. The summed E-state index contributed by atoms with van der Waals surface area (Å²) in [5.74, 6) is 0. The number of amides is 2. The zero-order chi connectivity index (χ0) is 13.5. The van der Waals surface area contributed by atoms with Gasteiger partial charge in [-0.25, -0.2) is 4.79 Å². The molecular weight excluding hydrogens is 236 g/mol. The maximum atomic E-state index is 11.7. The number of nitrogens with one attached hydrogen (secondary N) is 2. The first-order valence-corrected chi connectivity index (χ1v) is 5.45. The van der Waals surface area contributed by atoms with Gasteiger partial charge < -0.3 is 15.5 Å². The third-order valence-electron chi connectivity index (χ3n) is 2.37. The van der Waals surface area contributed by atoms with Gasteiger partial charge in [-0.05, 0) is 19.2 Å². The van der Waals surface area contributed by atoms with Gasteiger partial charge in [0.15, 0.2) is 0 Å². The van der Waals surface area contributed by atoms with Gasteiger partial charge in [0.25, 0.3) is 5.69 Å². The topological polar surface area (TPSA) is 87.5 Å². The molecule has 2 amide bonds. The smallest absolute Gasteiger partial charge is 0.321 e. The quantitative estimate of drug-likeness (QED) is 0.610. The fourth-order valence-corrected chi connectivity index (χ4v) is 1.27. The largest absolute Gasteiger partial charge is 0.326 e. The van der Waals surface area contributed by atoms with Crippen molar-refractivity contribution in [1.29, 1.82) is 0 Å². The molecule has 0 saturated carbocycles. The van der Waals surface area contributed by atoms with Crippen LogP contribution in [0.1, 0.15) is 0 Å². The Morgan fingerprint density at radius 1 is 1.39 bits per heavy atom. The van der Waals surface area contributed by atoms with Crippen LogP contribution in [-0.2, 0) is 0 Å². The molecular formula is C11H16N4O3. The summed E-state index contributed by atoms with van der Waals surface area (Å²) in [5, 5.41) is 16.1. The van der Waals surface area contributed by atoms with Gasteiger partial charge in [-0.15, -0.1) is 0 Å². The minimum absolute atomic E-state index is 0.00321. The number of benzene rings is 1. The van der Waals surface area contributed by atoms with E-state index >= 15 is 0 Å². The van der Waals surface area contributed by atoms with Crippen LogP contribution in [0.5, 0.6) is 0 Å². The molecule has 7 heteroatoms. The molecule has 0 bridgehead atoms. The first-order valence-electron chi connectivity index (χ1n) is 5.45. The molecule has 0 unspecified atom stereocenters. The number of urea groups is 1. The molecule has 0 aromatic heterocycles. The van der Waals surface area contributed by atoms with E-state index in [-0.39, 0.29) is 11.7 Å². The van der Waals surface area contributed by atoms with E-state index in [4.69, 9.17) is 0 Å². The van der Waals surface area contributed by atoms with Crippen LogP contribution in [0.2, 0.25) is 0 Å². The Bertz CT molecular complexity index is 419. The summed E-state index contributed by atoms with van der Waals surface area (Å²) < 4.78 is 0. The number of rotatable bonds is 5. The number of nitro groups is 1. The summed E-state index contributed by atoms with van der Waals surface area (Å²) in [6, 6.07) is 5.45. The SMILES string of the molecule is CNCCN(C)C(=O)Nc1ccc([N+](=O)[O-])cc1. The summed E-state index contributed by atoms with van der Waals surface area (Å²) in [7, 11) is 3.49. The van der Waals surface area contributed by atoms with E-state index in [0.717, 1.165) is 0 Å². The molecule has 1 aromatic rings. The highest BCUT2D eigenvalue weighted by Crippen LogP contribution is 2.15. The molecule has 1 aromatic carbocycles. The van der Waals surface area contributed by atoms with Gasteiger partial charge in [0.1, 0.15) is 0 Å². The molecule has 98 valence electrons. The molecule has 0 aliphatic heterocycles. The number of hydrogen-bond acceptors (Lipinski definition) is 4. The third-order valence-corrected chi connectivity index (χ3v) is 2.37. The molecule has 0 aliphatic carbocycles. The molecule has 0 fully saturated rings. The normalized spacial score (nSPS) is 9.89. The highest BCUT2D eigenvalue weighted by Gasteiger charge is 2.09. The predicted molar refractivity (Wildman–Crippen MR) is 68.7 cm³/mol. The summed E-state index contributed by atoms with van der Waals surface area (Å²) in [6.07, 6.45) is 0. The van der Waals surface area contributed by atoms with E-state index in [1.54, 1.807) is 7.05 Å². The van der Waals surface area contributed by atoms with Crippen molar-refractivity contribution < 1.29 is 9.72 Å². The number of carbonyl (C=O) groups is 1. The van der Waals surface area contributed by atoms with Gasteiger partial charge in [-0.3, -0.25) is 10.1 Å². The van der Waals surface area contributed by atoms with Crippen LogP contribution in [0, 0.1) is 10.1 Å². The van der Waals surface area contributed by atoms with Gasteiger partial charge >= 0.3 is 6.03 Å². The Morgan fingerprint density at radius 3 is 2.50 bits per heavy atom. The molecule has 0 aliphatic rings. The number of nitrogens with zero attached hydrogens (tertiary/aromatic N) is 2. The minimum atomic E-state index is -0.482. The lowest BCUT2D eigenvalue weighted by molar-refractivity contribution is -0.384. The molecule has 2 N–H and O–H groups in total. The molecule has 7 nitrogen and oxygen atoms in total. The van der Waals surface area contributed by atoms with E-state index in [9.17, 15) is 14.9 Å². The second kappa shape index (κ2) is 6.55. The number of carbonyl (C=O) groups excluding carboxylic acids is 1. The van der Waals surface area contributed by atoms with Crippen molar-refractivity contribution in [3.8, 4) is 0 Å². The Hall–Kier alpha value is -2.15. The second-order valence-corrected chi connectivity index (χ2v) is 3.76. The standard InChI is InChI=1S/C11H16N4O3/c1-12-7-8-14(2)11(16)13-9-3-5-10(6-4-9)15(17)18/h3-6,12H,7-8H2,1-2H3,(H,13,16). The molecule has 1 rings (SSSR count). The van der Waals surface area contributed by atoms with Crippen molar-refractivity contribution >= 4 is 17.4 Å². The van der Waals surface area contributed by atoms with Crippen molar-refractivity contribution in [2.24, 2.45) is 0 Å². The van der Waals surface area contributed by atoms with Gasteiger partial charge in [-0.2, -0.15) is 0 Å². The lowest BCUT2D eigenvalue weighted by Gasteiger charge is -2.17. The summed E-state index contributed by atoms with van der Waals surface area (Å²) in [4.78, 5) is 23.2. The first-order chi connectivity index (χ1) is 8.54. The van der Waals surface area contributed by atoms with E-state index in [1.165, 1.54) is 29.2 Å². The molecule has 18 heavy (non-hydrogen) atoms. The van der Waals surface area contributed by atoms with Crippen LogP contribution in [-0.4, -0.2) is 43.0 Å². The zero-order valence-electron chi connectivity index (χ0n) is 10.3. The molecule has 0 atom stereocenters. The minimum Gasteiger partial charge on any atom is -0.326 e. The van der Waals surface area contributed by atoms with Crippen molar-refractivity contribution in [3.63, 3.8) is 0 Å². The maximum absolute atomic E-state index is 11.7. The predicted octanol–water partition coefficient (Wildman–Crippen LogP) is 1.28. The Labute approximate surface area is 105 Å². The van der Waals surface area contributed by atoms with Crippen LogP contribution in [0.3, 0.4) is 0 Å². The van der Waals surface area contributed by atoms with Crippen LogP contribution in [0.4, 0.5) is 16.2 Å². The van der Waals surface area contributed by atoms with E-state index in [2.05, 4.69) is 10.6 Å². The highest BCUT2D eigenvalue weighted by molar-refractivity contribution is 5.89. The summed E-state index contributed by atoms with van der Waals surface area (Å²) in [5.41, 5.74) is 0.526. The Morgan fingerprint density at radius 2 is 2.00 bits per heavy atom. The average molecular weight is 252 g/mol. The summed E-state index contributed by atoms with van der Waals surface area (Å²) in [6.45, 7) is 1.28. The lowest BCUT2D eigenvalue weighted by atomic mass is 10.3. The van der Waals surface area contributed by atoms with E-state index < -0.39 is 4.92 Å². The van der Waals surface area contributed by atoms with Gasteiger partial charge in [-0.1, -0.05) is 0 Å². The third kappa shape index (κ3) is 4.02. The number of non-ortho nitro benzene ring substituents is 1. The van der Waals surface area contributed by atoms with Gasteiger partial charge in [0.2, 0.25) is 0 Å².